The first-order valence-corrected chi connectivity index (χ1v) is 11.8. The molecule has 1 aliphatic heterocycles. The molecule has 3 amide bonds. The minimum absolute atomic E-state index is 0.0717. The van der Waals surface area contributed by atoms with E-state index < -0.39 is 29.4 Å². The van der Waals surface area contributed by atoms with Gasteiger partial charge in [0.25, 0.3) is 0 Å². The number of likely N-dealkylation sites (tertiary alicyclic amines) is 1. The molecule has 0 bridgehead atoms. The summed E-state index contributed by atoms with van der Waals surface area (Å²) < 4.78 is 0.482. The number of carbonyl (C=O) groups excluding carboxylic acids is 3. The molecule has 1 saturated heterocycles. The van der Waals surface area contributed by atoms with Crippen LogP contribution < -0.4 is 5.32 Å². The van der Waals surface area contributed by atoms with E-state index in [0.717, 1.165) is 5.56 Å². The van der Waals surface area contributed by atoms with Crippen molar-refractivity contribution in [1.29, 1.82) is 5.26 Å². The van der Waals surface area contributed by atoms with Crippen molar-refractivity contribution in [3.63, 3.8) is 0 Å². The van der Waals surface area contributed by atoms with Gasteiger partial charge in [-0.25, -0.2) is 0 Å². The van der Waals surface area contributed by atoms with Gasteiger partial charge in [0.15, 0.2) is 0 Å². The molecule has 2 rings (SSSR count). The molecule has 4 atom stereocenters. The van der Waals surface area contributed by atoms with Gasteiger partial charge >= 0.3 is 0 Å². The third-order valence-corrected chi connectivity index (χ3v) is 6.52. The van der Waals surface area contributed by atoms with Crippen LogP contribution in [0.25, 0.3) is 0 Å². The van der Waals surface area contributed by atoms with Crippen molar-refractivity contribution in [2.75, 3.05) is 13.6 Å². The summed E-state index contributed by atoms with van der Waals surface area (Å²) in [6.45, 7) is 9.31. The Balaban J connectivity index is 2.33. The largest absolute Gasteiger partial charge is 0.507 e. The van der Waals surface area contributed by atoms with Crippen LogP contribution in [0.5, 0.6) is 5.75 Å². The van der Waals surface area contributed by atoms with E-state index in [2.05, 4.69) is 27.3 Å². The molecular formula is C24H33BrN4O4. The fraction of sp³-hybridized carbons (Fsp3) is 0.583. The number of phenols is 1. The molecule has 0 spiro atoms. The van der Waals surface area contributed by atoms with E-state index in [-0.39, 0.29) is 29.9 Å². The van der Waals surface area contributed by atoms with Crippen LogP contribution in [-0.2, 0) is 20.8 Å². The average molecular weight is 521 g/mol. The molecule has 8 nitrogen and oxygen atoms in total. The number of nitriles is 1. The molecule has 1 aromatic rings. The summed E-state index contributed by atoms with van der Waals surface area (Å²) in [6.07, 6.45) is 0.790. The number of carbonyl (C=O) groups is 3. The van der Waals surface area contributed by atoms with Crippen LogP contribution in [0.4, 0.5) is 0 Å². The fourth-order valence-corrected chi connectivity index (χ4v) is 4.25. The van der Waals surface area contributed by atoms with Crippen molar-refractivity contribution >= 4 is 33.7 Å². The standard InChI is InChI=1S/C24H33BrN4O4/c1-14-9-17(12-26)29(13-14)22(32)19(11-16-7-8-20(30)18(25)10-16)28(6)21(31)15(2)27-23(33)24(3,4)5/h7-8,10,14-15,17,19,30H,9,11,13H2,1-6H3,(H,27,33)/t14-,15-,17-,19+/m0/s1. The topological polar surface area (TPSA) is 114 Å². The van der Waals surface area contributed by atoms with Gasteiger partial charge in [-0.1, -0.05) is 33.8 Å². The number of phenolic OH excluding ortho intramolecular Hbond substituents is 1. The Morgan fingerprint density at radius 3 is 2.55 bits per heavy atom. The quantitative estimate of drug-likeness (QED) is 0.598. The van der Waals surface area contributed by atoms with E-state index in [1.807, 2.05) is 6.92 Å². The Morgan fingerprint density at radius 1 is 1.36 bits per heavy atom. The SMILES string of the molecule is C[C@H]1C[C@@H](C#N)N(C(=O)[C@@H](Cc2ccc(O)c(Br)c2)N(C)C(=O)[C@H](C)NC(=O)C(C)(C)C)C1. The maximum atomic E-state index is 13.6. The van der Waals surface area contributed by atoms with Crippen molar-refractivity contribution < 1.29 is 19.5 Å². The Morgan fingerprint density at radius 2 is 2.00 bits per heavy atom. The number of aromatic hydroxyl groups is 1. The van der Waals surface area contributed by atoms with Gasteiger partial charge in [0.05, 0.1) is 10.5 Å². The van der Waals surface area contributed by atoms with E-state index in [0.29, 0.717) is 17.4 Å². The lowest BCUT2D eigenvalue weighted by atomic mass is 9.95. The van der Waals surface area contributed by atoms with Crippen molar-refractivity contribution in [3.05, 3.63) is 28.2 Å². The number of nitrogens with zero attached hydrogens (tertiary/aromatic N) is 3. The molecular weight excluding hydrogens is 488 g/mol. The lowest BCUT2D eigenvalue weighted by Gasteiger charge is -2.34. The van der Waals surface area contributed by atoms with E-state index in [1.165, 1.54) is 11.0 Å². The monoisotopic (exact) mass is 520 g/mol. The van der Waals surface area contributed by atoms with Crippen LogP contribution in [0.2, 0.25) is 0 Å². The smallest absolute Gasteiger partial charge is 0.246 e. The predicted molar refractivity (Wildman–Crippen MR) is 128 cm³/mol. The molecule has 180 valence electrons. The highest BCUT2D eigenvalue weighted by atomic mass is 79.9. The molecule has 0 aliphatic carbocycles. The Labute approximate surface area is 204 Å². The molecule has 9 heteroatoms. The second-order valence-corrected chi connectivity index (χ2v) is 10.7. The first-order chi connectivity index (χ1) is 15.3. The van der Waals surface area contributed by atoms with E-state index in [1.54, 1.807) is 51.8 Å². The molecule has 1 heterocycles. The van der Waals surface area contributed by atoms with Crippen LogP contribution in [-0.4, -0.2) is 64.3 Å². The minimum Gasteiger partial charge on any atom is -0.507 e. The third kappa shape index (κ3) is 6.47. The Bertz CT molecular complexity index is 953. The Kier molecular flexibility index (Phi) is 8.52. The lowest BCUT2D eigenvalue weighted by Crippen LogP contribution is -2.56. The predicted octanol–water partition coefficient (Wildman–Crippen LogP) is 2.84. The molecule has 0 aromatic heterocycles. The molecule has 0 saturated carbocycles. The number of rotatable bonds is 6. The van der Waals surface area contributed by atoms with Crippen molar-refractivity contribution in [2.24, 2.45) is 11.3 Å². The second kappa shape index (κ2) is 10.6. The number of likely N-dealkylation sites (N-methyl/N-ethyl adjacent to an activating group) is 1. The summed E-state index contributed by atoms with van der Waals surface area (Å²) in [4.78, 5) is 42.1. The highest BCUT2D eigenvalue weighted by Crippen LogP contribution is 2.28. The van der Waals surface area contributed by atoms with Crippen LogP contribution in [0.1, 0.15) is 46.6 Å². The zero-order valence-corrected chi connectivity index (χ0v) is 21.6. The summed E-state index contributed by atoms with van der Waals surface area (Å²) in [7, 11) is 1.54. The van der Waals surface area contributed by atoms with Gasteiger partial charge in [0.2, 0.25) is 17.7 Å². The minimum atomic E-state index is -0.871. The van der Waals surface area contributed by atoms with Gasteiger partial charge in [-0.2, -0.15) is 5.26 Å². The Hall–Kier alpha value is -2.60. The zero-order chi connectivity index (χ0) is 25.1. The lowest BCUT2D eigenvalue weighted by molar-refractivity contribution is -0.146. The number of hydrogen-bond acceptors (Lipinski definition) is 5. The summed E-state index contributed by atoms with van der Waals surface area (Å²) in [6, 6.07) is 4.87. The number of benzene rings is 1. The number of halogens is 1. The number of amides is 3. The number of nitrogens with one attached hydrogen (secondary N) is 1. The molecule has 1 fully saturated rings. The van der Waals surface area contributed by atoms with Crippen LogP contribution in [0.15, 0.2) is 22.7 Å². The van der Waals surface area contributed by atoms with Crippen molar-refractivity contribution in [2.45, 2.75) is 65.6 Å². The van der Waals surface area contributed by atoms with Crippen molar-refractivity contribution in [1.82, 2.24) is 15.1 Å². The normalized spacial score (nSPS) is 20.0. The van der Waals surface area contributed by atoms with Gasteiger partial charge in [0, 0.05) is 25.4 Å². The van der Waals surface area contributed by atoms with E-state index >= 15 is 0 Å². The van der Waals surface area contributed by atoms with Gasteiger partial charge in [-0.05, 0) is 52.9 Å². The summed E-state index contributed by atoms with van der Waals surface area (Å²) in [5, 5.41) is 22.1. The van der Waals surface area contributed by atoms with Crippen molar-refractivity contribution in [3.8, 4) is 11.8 Å². The highest BCUT2D eigenvalue weighted by molar-refractivity contribution is 9.10. The van der Waals surface area contributed by atoms with Gasteiger partial charge in [0.1, 0.15) is 23.9 Å². The molecule has 33 heavy (non-hydrogen) atoms. The zero-order valence-electron chi connectivity index (χ0n) is 20.1. The number of hydrogen-bond donors (Lipinski definition) is 2. The third-order valence-electron chi connectivity index (χ3n) is 5.88. The molecule has 1 aliphatic rings. The second-order valence-electron chi connectivity index (χ2n) is 9.88. The van der Waals surface area contributed by atoms with E-state index in [9.17, 15) is 24.8 Å². The first-order valence-electron chi connectivity index (χ1n) is 11.0. The summed E-state index contributed by atoms with van der Waals surface area (Å²) >= 11 is 3.29. The van der Waals surface area contributed by atoms with Gasteiger partial charge in [-0.15, -0.1) is 0 Å². The average Bonchev–Trinajstić information content (AvgIpc) is 3.12. The van der Waals surface area contributed by atoms with E-state index in [4.69, 9.17) is 0 Å². The maximum Gasteiger partial charge on any atom is 0.246 e. The summed E-state index contributed by atoms with van der Waals surface area (Å²) in [5.74, 6) is -0.708. The summed E-state index contributed by atoms with van der Waals surface area (Å²) in [5.41, 5.74) is 0.0802. The van der Waals surface area contributed by atoms with Crippen LogP contribution >= 0.6 is 15.9 Å². The highest BCUT2D eigenvalue weighted by Gasteiger charge is 2.40. The van der Waals surface area contributed by atoms with Gasteiger partial charge < -0.3 is 20.2 Å². The molecule has 1 aromatic carbocycles. The van der Waals surface area contributed by atoms with Gasteiger partial charge in [-0.3, -0.25) is 14.4 Å². The first kappa shape index (κ1) is 26.7. The van der Waals surface area contributed by atoms with Crippen LogP contribution in [0, 0.1) is 22.7 Å². The molecule has 0 radical (unpaired) electrons. The van der Waals surface area contributed by atoms with Crippen LogP contribution in [0.3, 0.4) is 0 Å². The molecule has 2 N–H and O–H groups in total. The molecule has 0 unspecified atom stereocenters. The fourth-order valence-electron chi connectivity index (χ4n) is 3.83. The maximum absolute atomic E-state index is 13.6.